The molecule has 2 aromatic rings. The number of rotatable bonds is 6. The standard InChI is InChI=1S/C23H29N3O4S/c1-18(27)24-31(28,29)21-8-6-20(7-9-21)26-15-13-25(14-16-26)12-10-23-22-5-3-2-4-19(22)11-17-30-23/h2-9,23H,10-17H2,1H3,(H,24,27)/t23-/m0/s1. The van der Waals surface area contributed by atoms with E-state index in [0.29, 0.717) is 0 Å². The van der Waals surface area contributed by atoms with Crippen molar-refractivity contribution in [2.24, 2.45) is 0 Å². The Morgan fingerprint density at radius 1 is 1.06 bits per heavy atom. The van der Waals surface area contributed by atoms with Gasteiger partial charge in [-0.15, -0.1) is 0 Å². The number of nitrogens with one attached hydrogen (secondary N) is 1. The van der Waals surface area contributed by atoms with Crippen molar-refractivity contribution in [2.75, 3.05) is 44.2 Å². The van der Waals surface area contributed by atoms with Gasteiger partial charge >= 0.3 is 0 Å². The lowest BCUT2D eigenvalue weighted by atomic mass is 9.95. The molecule has 1 saturated heterocycles. The summed E-state index contributed by atoms with van der Waals surface area (Å²) in [5.74, 6) is -0.595. The van der Waals surface area contributed by atoms with Gasteiger partial charge in [0.05, 0.1) is 17.6 Å². The number of carbonyl (C=O) groups excluding carboxylic acids is 1. The molecule has 0 bridgehead atoms. The third-order valence-electron chi connectivity index (χ3n) is 5.96. The number of ether oxygens (including phenoxy) is 1. The van der Waals surface area contributed by atoms with Gasteiger partial charge in [0.15, 0.2) is 0 Å². The summed E-state index contributed by atoms with van der Waals surface area (Å²) in [4.78, 5) is 15.9. The van der Waals surface area contributed by atoms with Crippen LogP contribution in [0.1, 0.15) is 30.6 Å². The van der Waals surface area contributed by atoms with Gasteiger partial charge in [-0.1, -0.05) is 24.3 Å². The van der Waals surface area contributed by atoms with Gasteiger partial charge < -0.3 is 9.64 Å². The van der Waals surface area contributed by atoms with E-state index < -0.39 is 15.9 Å². The highest BCUT2D eigenvalue weighted by molar-refractivity contribution is 7.90. The summed E-state index contributed by atoms with van der Waals surface area (Å²) in [5.41, 5.74) is 3.74. The molecule has 8 heteroatoms. The largest absolute Gasteiger partial charge is 0.373 e. The molecule has 166 valence electrons. The predicted octanol–water partition coefficient (Wildman–Crippen LogP) is 2.34. The van der Waals surface area contributed by atoms with Crippen molar-refractivity contribution < 1.29 is 17.9 Å². The highest BCUT2D eigenvalue weighted by Crippen LogP contribution is 2.30. The number of fused-ring (bicyclic) bond motifs is 1. The molecule has 2 aromatic carbocycles. The summed E-state index contributed by atoms with van der Waals surface area (Å²) >= 11 is 0. The predicted molar refractivity (Wildman–Crippen MR) is 120 cm³/mol. The topological polar surface area (TPSA) is 79.0 Å². The Hall–Kier alpha value is -2.42. The van der Waals surface area contributed by atoms with Crippen molar-refractivity contribution in [3.63, 3.8) is 0 Å². The lowest BCUT2D eigenvalue weighted by Gasteiger charge is -2.37. The fraction of sp³-hybridized carbons (Fsp3) is 0.435. The van der Waals surface area contributed by atoms with Gasteiger partial charge in [-0.05, 0) is 48.2 Å². The third-order valence-corrected chi connectivity index (χ3v) is 7.41. The zero-order valence-electron chi connectivity index (χ0n) is 17.8. The van der Waals surface area contributed by atoms with E-state index in [1.54, 1.807) is 24.3 Å². The second-order valence-electron chi connectivity index (χ2n) is 8.08. The maximum atomic E-state index is 12.1. The van der Waals surface area contributed by atoms with Crippen molar-refractivity contribution in [2.45, 2.75) is 30.8 Å². The minimum Gasteiger partial charge on any atom is -0.373 e. The Morgan fingerprint density at radius 2 is 1.77 bits per heavy atom. The van der Waals surface area contributed by atoms with E-state index in [0.717, 1.165) is 57.9 Å². The van der Waals surface area contributed by atoms with Crippen LogP contribution >= 0.6 is 0 Å². The summed E-state index contributed by atoms with van der Waals surface area (Å²) in [7, 11) is -3.79. The summed E-state index contributed by atoms with van der Waals surface area (Å²) < 4.78 is 32.2. The quantitative estimate of drug-likeness (QED) is 0.738. The van der Waals surface area contributed by atoms with Crippen LogP contribution in [-0.2, 0) is 26.0 Å². The number of hydrogen-bond acceptors (Lipinski definition) is 6. The van der Waals surface area contributed by atoms with Gasteiger partial charge in [-0.2, -0.15) is 0 Å². The summed E-state index contributed by atoms with van der Waals surface area (Å²) in [6.45, 7) is 6.68. The van der Waals surface area contributed by atoms with Crippen molar-refractivity contribution in [3.8, 4) is 0 Å². The molecule has 0 radical (unpaired) electrons. The van der Waals surface area contributed by atoms with Crippen LogP contribution in [0, 0.1) is 0 Å². The Labute approximate surface area is 184 Å². The summed E-state index contributed by atoms with van der Waals surface area (Å²) in [6.07, 6.45) is 2.17. The highest BCUT2D eigenvalue weighted by atomic mass is 32.2. The summed E-state index contributed by atoms with van der Waals surface area (Å²) in [5, 5.41) is 0. The Morgan fingerprint density at radius 3 is 2.48 bits per heavy atom. The monoisotopic (exact) mass is 443 g/mol. The molecule has 0 spiro atoms. The van der Waals surface area contributed by atoms with E-state index in [1.807, 2.05) is 4.72 Å². The first-order valence-corrected chi connectivity index (χ1v) is 12.2. The smallest absolute Gasteiger partial charge is 0.264 e. The number of nitrogens with zero attached hydrogens (tertiary/aromatic N) is 2. The maximum absolute atomic E-state index is 12.1. The molecular formula is C23H29N3O4S. The number of benzene rings is 2. The normalized spacial score (nSPS) is 19.6. The summed E-state index contributed by atoms with van der Waals surface area (Å²) in [6, 6.07) is 15.3. The average Bonchev–Trinajstić information content (AvgIpc) is 2.77. The van der Waals surface area contributed by atoms with Gasteiger partial charge in [-0.3, -0.25) is 9.69 Å². The first-order chi connectivity index (χ1) is 14.9. The Kier molecular flexibility index (Phi) is 6.60. The van der Waals surface area contributed by atoms with Crippen LogP contribution in [0.2, 0.25) is 0 Å². The van der Waals surface area contributed by atoms with Crippen molar-refractivity contribution in [3.05, 3.63) is 59.7 Å². The van der Waals surface area contributed by atoms with Crippen LogP contribution in [0.5, 0.6) is 0 Å². The number of carbonyl (C=O) groups is 1. The molecule has 0 unspecified atom stereocenters. The minimum atomic E-state index is -3.79. The van der Waals surface area contributed by atoms with E-state index in [1.165, 1.54) is 18.1 Å². The molecule has 4 rings (SSSR count). The van der Waals surface area contributed by atoms with Gasteiger partial charge in [-0.25, -0.2) is 13.1 Å². The zero-order valence-corrected chi connectivity index (χ0v) is 18.6. The van der Waals surface area contributed by atoms with Crippen molar-refractivity contribution in [1.29, 1.82) is 0 Å². The molecule has 0 aliphatic carbocycles. The molecule has 2 heterocycles. The van der Waals surface area contributed by atoms with Crippen LogP contribution in [0.15, 0.2) is 53.4 Å². The molecule has 31 heavy (non-hydrogen) atoms. The van der Waals surface area contributed by atoms with E-state index in [2.05, 4.69) is 34.1 Å². The highest BCUT2D eigenvalue weighted by Gasteiger charge is 2.23. The Balaban J connectivity index is 1.29. The van der Waals surface area contributed by atoms with Crippen LogP contribution in [-0.4, -0.2) is 58.6 Å². The molecule has 1 atom stereocenters. The maximum Gasteiger partial charge on any atom is 0.264 e. The first-order valence-electron chi connectivity index (χ1n) is 10.7. The lowest BCUT2D eigenvalue weighted by Crippen LogP contribution is -2.47. The number of hydrogen-bond donors (Lipinski definition) is 1. The second kappa shape index (κ2) is 9.38. The van der Waals surface area contributed by atoms with Crippen LogP contribution in [0.4, 0.5) is 5.69 Å². The van der Waals surface area contributed by atoms with Crippen LogP contribution < -0.4 is 9.62 Å². The molecular weight excluding hydrogens is 414 g/mol. The Bertz CT molecular complexity index is 1020. The van der Waals surface area contributed by atoms with Crippen LogP contribution in [0.25, 0.3) is 0 Å². The number of sulfonamides is 1. The van der Waals surface area contributed by atoms with Gasteiger partial charge in [0.1, 0.15) is 0 Å². The van der Waals surface area contributed by atoms with E-state index in [9.17, 15) is 13.2 Å². The molecule has 2 aliphatic heterocycles. The molecule has 7 nitrogen and oxygen atoms in total. The second-order valence-corrected chi connectivity index (χ2v) is 9.76. The third kappa shape index (κ3) is 5.26. The van der Waals surface area contributed by atoms with E-state index >= 15 is 0 Å². The van der Waals surface area contributed by atoms with Crippen molar-refractivity contribution in [1.82, 2.24) is 9.62 Å². The van der Waals surface area contributed by atoms with E-state index in [-0.39, 0.29) is 11.0 Å². The first kappa shape index (κ1) is 21.8. The number of anilines is 1. The molecule has 0 aromatic heterocycles. The van der Waals surface area contributed by atoms with Gasteiger partial charge in [0, 0.05) is 45.3 Å². The minimum absolute atomic E-state index is 0.0952. The van der Waals surface area contributed by atoms with Gasteiger partial charge in [0.2, 0.25) is 5.91 Å². The van der Waals surface area contributed by atoms with Crippen LogP contribution in [0.3, 0.4) is 0 Å². The van der Waals surface area contributed by atoms with Crippen molar-refractivity contribution >= 4 is 21.6 Å². The number of amides is 1. The molecule has 1 amide bonds. The molecule has 1 N–H and O–H groups in total. The number of piperazine rings is 1. The SMILES string of the molecule is CC(=O)NS(=O)(=O)c1ccc(N2CCN(CC[C@@H]3OCCc4ccccc43)CC2)cc1. The molecule has 1 fully saturated rings. The average molecular weight is 444 g/mol. The lowest BCUT2D eigenvalue weighted by molar-refractivity contribution is -0.117. The zero-order chi connectivity index (χ0) is 21.8. The van der Waals surface area contributed by atoms with Gasteiger partial charge in [0.25, 0.3) is 10.0 Å². The molecule has 0 saturated carbocycles. The fourth-order valence-corrected chi connectivity index (χ4v) is 5.32. The van der Waals surface area contributed by atoms with E-state index in [4.69, 9.17) is 4.74 Å². The molecule has 2 aliphatic rings. The fourth-order valence-electron chi connectivity index (χ4n) is 4.33.